The van der Waals surface area contributed by atoms with Crippen LogP contribution in [-0.2, 0) is 11.2 Å². The van der Waals surface area contributed by atoms with Crippen LogP contribution in [0.4, 0.5) is 14.5 Å². The average molecular weight is 482 g/mol. The van der Waals surface area contributed by atoms with Crippen LogP contribution in [0.25, 0.3) is 11.4 Å². The summed E-state index contributed by atoms with van der Waals surface area (Å²) in [6.07, 6.45) is 2.88. The number of H-pyrrole nitrogens is 1. The van der Waals surface area contributed by atoms with Crippen LogP contribution in [0.3, 0.4) is 0 Å². The molecule has 0 aliphatic rings. The first-order chi connectivity index (χ1) is 12.8. The number of hydrogen-bond donors (Lipinski definition) is 2. The molecule has 0 atom stereocenters. The Bertz CT molecular complexity index is 1050. The Labute approximate surface area is 166 Å². The van der Waals surface area contributed by atoms with Gasteiger partial charge >= 0.3 is 0 Å². The molecular weight excluding hydrogens is 469 g/mol. The van der Waals surface area contributed by atoms with Crippen LogP contribution in [0.1, 0.15) is 11.3 Å². The molecule has 0 radical (unpaired) electrons. The Balaban J connectivity index is 1.81. The smallest absolute Gasteiger partial charge is 0.255 e. The molecule has 3 aromatic rings. The van der Waals surface area contributed by atoms with Crippen molar-refractivity contribution in [3.05, 3.63) is 73.5 Å². The number of nitrogens with one attached hydrogen (secondary N) is 2. The Hall–Kier alpha value is -2.69. The van der Waals surface area contributed by atoms with E-state index in [1.165, 1.54) is 22.6 Å². The molecule has 1 aromatic carbocycles. The molecule has 0 bridgehead atoms. The Kier molecular flexibility index (Phi) is 5.59. The molecule has 2 heterocycles. The van der Waals surface area contributed by atoms with Gasteiger partial charge in [0.2, 0.25) is 5.91 Å². The quantitative estimate of drug-likeness (QED) is 0.442. The number of anilines is 1. The average Bonchev–Trinajstić information content (AvgIpc) is 2.63. The maximum Gasteiger partial charge on any atom is 0.255 e. The molecule has 138 valence electrons. The number of carbonyl (C=O) groups excluding carboxylic acids is 1. The first-order valence-corrected chi connectivity index (χ1v) is 8.87. The number of nitrogens with zero attached hydrogens (tertiary/aromatic N) is 2. The van der Waals surface area contributed by atoms with Gasteiger partial charge in [0.1, 0.15) is 17.5 Å². The highest BCUT2D eigenvalue weighted by molar-refractivity contribution is 14.1. The molecule has 2 N–H and O–H groups in total. The number of hydrogen-bond acceptors (Lipinski definition) is 4. The summed E-state index contributed by atoms with van der Waals surface area (Å²) in [4.78, 5) is 35.5. The van der Waals surface area contributed by atoms with Gasteiger partial charge in [0.15, 0.2) is 0 Å². The van der Waals surface area contributed by atoms with Crippen LogP contribution in [0.2, 0.25) is 0 Å². The lowest BCUT2D eigenvalue weighted by molar-refractivity contribution is -0.115. The second-order valence-corrected chi connectivity index (χ2v) is 6.78. The van der Waals surface area contributed by atoms with Gasteiger partial charge in [0.25, 0.3) is 5.56 Å². The van der Waals surface area contributed by atoms with Gasteiger partial charge in [-0.25, -0.2) is 13.8 Å². The monoisotopic (exact) mass is 482 g/mol. The minimum atomic E-state index is -0.776. The number of carbonyl (C=O) groups is 1. The van der Waals surface area contributed by atoms with Gasteiger partial charge in [-0.15, -0.1) is 0 Å². The molecule has 0 saturated carbocycles. The fourth-order valence-electron chi connectivity index (χ4n) is 2.45. The van der Waals surface area contributed by atoms with Crippen LogP contribution in [0.15, 0.2) is 41.5 Å². The van der Waals surface area contributed by atoms with Crippen molar-refractivity contribution in [1.82, 2.24) is 15.0 Å². The first kappa shape index (κ1) is 19.1. The lowest BCUT2D eigenvalue weighted by atomic mass is 10.1. The maximum absolute atomic E-state index is 13.6. The molecule has 1 amide bonds. The van der Waals surface area contributed by atoms with Crippen LogP contribution in [0, 0.1) is 22.1 Å². The summed E-state index contributed by atoms with van der Waals surface area (Å²) >= 11 is 1.53. The molecule has 9 heteroatoms. The number of aromatic nitrogens is 3. The molecule has 0 unspecified atom stereocenters. The number of aryl methyl sites for hydroxylation is 1. The minimum absolute atomic E-state index is 0.0237. The highest BCUT2D eigenvalue weighted by Gasteiger charge is 2.15. The number of amides is 1. The van der Waals surface area contributed by atoms with Crippen molar-refractivity contribution in [2.45, 2.75) is 13.3 Å². The van der Waals surface area contributed by atoms with Gasteiger partial charge in [-0.05, 0) is 53.8 Å². The normalized spacial score (nSPS) is 10.7. The molecular formula is C18H13F2IN4O2. The Morgan fingerprint density at radius 2 is 2.00 bits per heavy atom. The third-order valence-corrected chi connectivity index (χ3v) is 4.79. The fourth-order valence-corrected chi connectivity index (χ4v) is 2.76. The van der Waals surface area contributed by atoms with Crippen molar-refractivity contribution in [2.24, 2.45) is 0 Å². The van der Waals surface area contributed by atoms with Crippen LogP contribution in [-0.4, -0.2) is 20.9 Å². The van der Waals surface area contributed by atoms with E-state index < -0.39 is 23.1 Å². The van der Waals surface area contributed by atoms with Crippen molar-refractivity contribution in [3.8, 4) is 11.4 Å². The molecule has 27 heavy (non-hydrogen) atoms. The second kappa shape index (κ2) is 7.91. The number of rotatable bonds is 4. The van der Waals surface area contributed by atoms with E-state index in [4.69, 9.17) is 0 Å². The van der Waals surface area contributed by atoms with E-state index in [0.29, 0.717) is 17.1 Å². The highest BCUT2D eigenvalue weighted by Crippen LogP contribution is 2.20. The number of benzene rings is 1. The molecule has 0 fully saturated rings. The maximum atomic E-state index is 13.6. The summed E-state index contributed by atoms with van der Waals surface area (Å²) in [5.41, 5.74) is 0.707. The topological polar surface area (TPSA) is 87.7 Å². The van der Waals surface area contributed by atoms with E-state index in [0.717, 1.165) is 12.1 Å². The van der Waals surface area contributed by atoms with Crippen molar-refractivity contribution in [3.63, 3.8) is 0 Å². The van der Waals surface area contributed by atoms with Gasteiger partial charge in [0.05, 0.1) is 9.99 Å². The summed E-state index contributed by atoms with van der Waals surface area (Å²) in [6.45, 7) is 1.61. The molecule has 0 aliphatic carbocycles. The Morgan fingerprint density at radius 1 is 1.30 bits per heavy atom. The molecule has 6 nitrogen and oxygen atoms in total. The van der Waals surface area contributed by atoms with Crippen LogP contribution >= 0.6 is 22.6 Å². The summed E-state index contributed by atoms with van der Waals surface area (Å²) < 4.78 is 27.0. The first-order valence-electron chi connectivity index (χ1n) is 7.79. The molecule has 0 saturated heterocycles. The molecule has 2 aromatic heterocycles. The van der Waals surface area contributed by atoms with E-state index in [9.17, 15) is 18.4 Å². The van der Waals surface area contributed by atoms with Gasteiger partial charge in [-0.1, -0.05) is 0 Å². The second-order valence-electron chi connectivity index (χ2n) is 5.70. The van der Waals surface area contributed by atoms with E-state index in [1.807, 2.05) is 0 Å². The largest absolute Gasteiger partial charge is 0.326 e. The third kappa shape index (κ3) is 4.35. The van der Waals surface area contributed by atoms with Crippen molar-refractivity contribution < 1.29 is 13.6 Å². The van der Waals surface area contributed by atoms with Crippen molar-refractivity contribution >= 4 is 34.2 Å². The van der Waals surface area contributed by atoms with Gasteiger partial charge in [0, 0.05) is 34.9 Å². The van der Waals surface area contributed by atoms with Gasteiger partial charge in [-0.3, -0.25) is 14.6 Å². The van der Waals surface area contributed by atoms with Gasteiger partial charge < -0.3 is 10.3 Å². The molecule has 3 rings (SSSR count). The zero-order valence-corrected chi connectivity index (χ0v) is 16.2. The molecule has 0 aliphatic heterocycles. The lowest BCUT2D eigenvalue weighted by Crippen LogP contribution is -2.24. The fraction of sp³-hybridized carbons (Fsp3) is 0.111. The molecule has 0 spiro atoms. The highest BCUT2D eigenvalue weighted by atomic mass is 127. The predicted octanol–water partition coefficient (Wildman–Crippen LogP) is 3.20. The predicted molar refractivity (Wildman–Crippen MR) is 104 cm³/mol. The zero-order valence-electron chi connectivity index (χ0n) is 14.0. The van der Waals surface area contributed by atoms with Crippen LogP contribution in [0.5, 0.6) is 0 Å². The summed E-state index contributed by atoms with van der Waals surface area (Å²) in [7, 11) is 0. The van der Waals surface area contributed by atoms with E-state index in [2.05, 4.69) is 20.3 Å². The summed E-state index contributed by atoms with van der Waals surface area (Å²) in [6, 6.07) is 5.50. The Morgan fingerprint density at radius 3 is 2.59 bits per heavy atom. The van der Waals surface area contributed by atoms with E-state index in [1.54, 1.807) is 31.5 Å². The standard InChI is InChI=1S/C18H13F2IN4O2/c1-9-12(18(27)25-17(23-9)10-3-2-4-22-8-10)7-15(26)24-11-5-13(19)16(21)14(20)6-11/h2-6,8H,7H2,1H3,(H,24,26)(H,23,25,27). The van der Waals surface area contributed by atoms with E-state index in [-0.39, 0.29) is 21.2 Å². The summed E-state index contributed by atoms with van der Waals surface area (Å²) in [5.74, 6) is -1.79. The zero-order chi connectivity index (χ0) is 19.6. The van der Waals surface area contributed by atoms with Crippen molar-refractivity contribution in [2.75, 3.05) is 5.32 Å². The van der Waals surface area contributed by atoms with Gasteiger partial charge in [-0.2, -0.15) is 0 Å². The number of halogens is 3. The third-order valence-electron chi connectivity index (χ3n) is 3.76. The van der Waals surface area contributed by atoms with Crippen LogP contribution < -0.4 is 10.9 Å². The SMILES string of the molecule is Cc1nc(-c2cccnc2)[nH]c(=O)c1CC(=O)Nc1cc(F)c(I)c(F)c1. The summed E-state index contributed by atoms with van der Waals surface area (Å²) in [5, 5.41) is 2.39. The van der Waals surface area contributed by atoms with Crippen molar-refractivity contribution in [1.29, 1.82) is 0 Å². The lowest BCUT2D eigenvalue weighted by Gasteiger charge is -2.09. The van der Waals surface area contributed by atoms with E-state index >= 15 is 0 Å². The number of aromatic amines is 1. The minimum Gasteiger partial charge on any atom is -0.326 e. The number of pyridine rings is 1.